The Bertz CT molecular complexity index is 906. The first-order valence-corrected chi connectivity index (χ1v) is 10.6. The molecule has 0 aliphatic carbocycles. The molecular weight excluding hydrogens is 364 g/mol. The van der Waals surface area contributed by atoms with Crippen molar-refractivity contribution in [3.05, 3.63) is 48.0 Å². The molecule has 146 valence electrons. The molecule has 0 saturated carbocycles. The van der Waals surface area contributed by atoms with Crippen LogP contribution in [0.15, 0.2) is 47.4 Å². The van der Waals surface area contributed by atoms with Crippen molar-refractivity contribution in [3.63, 3.8) is 0 Å². The maximum absolute atomic E-state index is 12.5. The van der Waals surface area contributed by atoms with Gasteiger partial charge >= 0.3 is 0 Å². The Labute approximate surface area is 160 Å². The predicted octanol–water partition coefficient (Wildman–Crippen LogP) is 3.66. The first-order chi connectivity index (χ1) is 12.6. The minimum atomic E-state index is -3.48. The third kappa shape index (κ3) is 5.47. The molecule has 0 bridgehead atoms. The highest BCUT2D eigenvalue weighted by Crippen LogP contribution is 2.27. The molecule has 2 rings (SSSR count). The second-order valence-electron chi connectivity index (χ2n) is 6.77. The van der Waals surface area contributed by atoms with Crippen LogP contribution in [0.2, 0.25) is 0 Å². The van der Waals surface area contributed by atoms with Gasteiger partial charge in [0.15, 0.2) is 9.84 Å². The van der Waals surface area contributed by atoms with Gasteiger partial charge in [0.05, 0.1) is 17.7 Å². The minimum absolute atomic E-state index is 0.0859. The number of rotatable bonds is 7. The summed E-state index contributed by atoms with van der Waals surface area (Å²) in [5.74, 6) is 0.589. The highest BCUT2D eigenvalue weighted by atomic mass is 32.2. The number of carbonyl (C=O) groups is 1. The number of hydrogen-bond donors (Lipinski definition) is 2. The Kier molecular flexibility index (Phi) is 6.49. The van der Waals surface area contributed by atoms with Crippen molar-refractivity contribution in [2.75, 3.05) is 24.0 Å². The smallest absolute Gasteiger partial charge is 0.246 e. The molecule has 0 radical (unpaired) electrons. The summed E-state index contributed by atoms with van der Waals surface area (Å²) in [5, 5.41) is 5.80. The van der Waals surface area contributed by atoms with E-state index in [0.29, 0.717) is 23.0 Å². The Morgan fingerprint density at radius 2 is 1.67 bits per heavy atom. The fraction of sp³-hybridized carbons (Fsp3) is 0.350. The maximum atomic E-state index is 12.5. The molecule has 0 aliphatic heterocycles. The molecule has 0 spiro atoms. The van der Waals surface area contributed by atoms with Crippen LogP contribution >= 0.6 is 0 Å². The fourth-order valence-electron chi connectivity index (χ4n) is 2.56. The van der Waals surface area contributed by atoms with E-state index >= 15 is 0 Å². The molecule has 27 heavy (non-hydrogen) atoms. The summed E-state index contributed by atoms with van der Waals surface area (Å²) in [5.41, 5.74) is 2.24. The maximum Gasteiger partial charge on any atom is 0.246 e. The fourth-order valence-corrected chi connectivity index (χ4v) is 3.41. The van der Waals surface area contributed by atoms with E-state index in [4.69, 9.17) is 4.74 Å². The van der Waals surface area contributed by atoms with Crippen molar-refractivity contribution in [1.82, 2.24) is 0 Å². The van der Waals surface area contributed by atoms with Gasteiger partial charge in [0.1, 0.15) is 11.8 Å². The first kappa shape index (κ1) is 20.8. The van der Waals surface area contributed by atoms with Crippen molar-refractivity contribution in [3.8, 4) is 5.75 Å². The minimum Gasteiger partial charge on any atom is -0.497 e. The van der Waals surface area contributed by atoms with Gasteiger partial charge in [0.25, 0.3) is 0 Å². The van der Waals surface area contributed by atoms with Crippen LogP contribution in [0, 0.1) is 0 Å². The second kappa shape index (κ2) is 8.43. The standard InChI is InChI=1S/C20H26N2O4S/c1-13(2)15-6-8-16(9-7-15)22-20(23)14(3)21-18-11-10-17(26-4)12-19(18)27(5,24)25/h6-14,21H,1-5H3,(H,22,23). The van der Waals surface area contributed by atoms with Gasteiger partial charge in [-0.1, -0.05) is 26.0 Å². The molecule has 0 heterocycles. The van der Waals surface area contributed by atoms with E-state index in [1.165, 1.54) is 18.7 Å². The van der Waals surface area contributed by atoms with Gasteiger partial charge in [-0.15, -0.1) is 0 Å². The molecule has 0 aliphatic rings. The molecule has 1 amide bonds. The summed E-state index contributed by atoms with van der Waals surface area (Å²) in [6, 6.07) is 11.7. The van der Waals surface area contributed by atoms with Gasteiger partial charge in [-0.3, -0.25) is 4.79 Å². The third-order valence-corrected chi connectivity index (χ3v) is 5.34. The van der Waals surface area contributed by atoms with Crippen LogP contribution in [0.3, 0.4) is 0 Å². The second-order valence-corrected chi connectivity index (χ2v) is 8.75. The first-order valence-electron chi connectivity index (χ1n) is 8.67. The zero-order chi connectivity index (χ0) is 20.2. The Balaban J connectivity index is 2.14. The number of benzene rings is 2. The lowest BCUT2D eigenvalue weighted by molar-refractivity contribution is -0.116. The molecule has 0 fully saturated rings. The molecule has 1 atom stereocenters. The van der Waals surface area contributed by atoms with Crippen molar-refractivity contribution < 1.29 is 17.9 Å². The summed E-state index contributed by atoms with van der Waals surface area (Å²) in [4.78, 5) is 12.6. The molecule has 2 N–H and O–H groups in total. The van der Waals surface area contributed by atoms with Gasteiger partial charge in [-0.2, -0.15) is 0 Å². The van der Waals surface area contributed by atoms with Crippen LogP contribution in [0.5, 0.6) is 5.75 Å². The lowest BCUT2D eigenvalue weighted by Gasteiger charge is -2.18. The Morgan fingerprint density at radius 3 is 2.19 bits per heavy atom. The van der Waals surface area contributed by atoms with Gasteiger partial charge in [-0.05, 0) is 42.7 Å². The molecule has 0 aromatic heterocycles. The zero-order valence-corrected chi connectivity index (χ0v) is 17.1. The van der Waals surface area contributed by atoms with Crippen molar-refractivity contribution in [2.45, 2.75) is 37.6 Å². The van der Waals surface area contributed by atoms with Crippen LogP contribution in [0.1, 0.15) is 32.3 Å². The number of hydrogen-bond acceptors (Lipinski definition) is 5. The summed E-state index contributed by atoms with van der Waals surface area (Å²) in [6.45, 7) is 5.88. The number of ether oxygens (including phenoxy) is 1. The number of sulfone groups is 1. The van der Waals surface area contributed by atoms with Crippen LogP contribution in [0.4, 0.5) is 11.4 Å². The summed E-state index contributed by atoms with van der Waals surface area (Å²) < 4.78 is 29.2. The largest absolute Gasteiger partial charge is 0.497 e. The summed E-state index contributed by atoms with van der Waals surface area (Å²) in [7, 11) is -2.02. The normalized spacial score (nSPS) is 12.5. The van der Waals surface area contributed by atoms with E-state index in [1.54, 1.807) is 19.1 Å². The zero-order valence-electron chi connectivity index (χ0n) is 16.2. The number of nitrogens with one attached hydrogen (secondary N) is 2. The van der Waals surface area contributed by atoms with Crippen molar-refractivity contribution >= 4 is 27.1 Å². The number of methoxy groups -OCH3 is 1. The lowest BCUT2D eigenvalue weighted by Crippen LogP contribution is -2.32. The quantitative estimate of drug-likeness (QED) is 0.754. The number of anilines is 2. The van der Waals surface area contributed by atoms with E-state index in [1.807, 2.05) is 24.3 Å². The van der Waals surface area contributed by atoms with Gasteiger partial charge in [0, 0.05) is 18.0 Å². The van der Waals surface area contributed by atoms with E-state index in [-0.39, 0.29) is 10.8 Å². The van der Waals surface area contributed by atoms with E-state index in [2.05, 4.69) is 24.5 Å². The van der Waals surface area contributed by atoms with Crippen LogP contribution in [-0.2, 0) is 14.6 Å². The SMILES string of the molecule is COc1ccc(NC(C)C(=O)Nc2ccc(C(C)C)cc2)c(S(C)(=O)=O)c1. The van der Waals surface area contributed by atoms with Crippen molar-refractivity contribution in [1.29, 1.82) is 0 Å². The Hall–Kier alpha value is -2.54. The van der Waals surface area contributed by atoms with Gasteiger partial charge in [0.2, 0.25) is 5.91 Å². The molecule has 2 aromatic rings. The number of amides is 1. The van der Waals surface area contributed by atoms with E-state index in [0.717, 1.165) is 6.26 Å². The molecule has 6 nitrogen and oxygen atoms in total. The number of carbonyl (C=O) groups excluding carboxylic acids is 1. The van der Waals surface area contributed by atoms with E-state index < -0.39 is 15.9 Å². The predicted molar refractivity (Wildman–Crippen MR) is 108 cm³/mol. The molecule has 0 saturated heterocycles. The van der Waals surface area contributed by atoms with Crippen LogP contribution in [-0.4, -0.2) is 33.7 Å². The highest BCUT2D eigenvalue weighted by molar-refractivity contribution is 7.90. The van der Waals surface area contributed by atoms with Crippen LogP contribution < -0.4 is 15.4 Å². The molecule has 2 aromatic carbocycles. The molecular formula is C20H26N2O4S. The van der Waals surface area contributed by atoms with Crippen molar-refractivity contribution in [2.24, 2.45) is 0 Å². The highest BCUT2D eigenvalue weighted by Gasteiger charge is 2.19. The average molecular weight is 391 g/mol. The Morgan fingerprint density at radius 1 is 1.04 bits per heavy atom. The topological polar surface area (TPSA) is 84.5 Å². The monoisotopic (exact) mass is 390 g/mol. The summed E-state index contributed by atoms with van der Waals surface area (Å²) >= 11 is 0. The van der Waals surface area contributed by atoms with Crippen LogP contribution in [0.25, 0.3) is 0 Å². The average Bonchev–Trinajstić information content (AvgIpc) is 2.61. The van der Waals surface area contributed by atoms with Gasteiger partial charge in [-0.25, -0.2) is 8.42 Å². The molecule has 1 unspecified atom stereocenters. The van der Waals surface area contributed by atoms with E-state index in [9.17, 15) is 13.2 Å². The van der Waals surface area contributed by atoms with Gasteiger partial charge < -0.3 is 15.4 Å². The lowest BCUT2D eigenvalue weighted by atomic mass is 10.0. The summed E-state index contributed by atoms with van der Waals surface area (Å²) in [6.07, 6.45) is 1.12. The molecule has 7 heteroatoms. The third-order valence-electron chi connectivity index (χ3n) is 4.20.